The van der Waals surface area contributed by atoms with Crippen molar-refractivity contribution in [3.8, 4) is 6.07 Å². The third kappa shape index (κ3) is 2.02. The lowest BCUT2D eigenvalue weighted by atomic mass is 10.1. The van der Waals surface area contributed by atoms with Gasteiger partial charge in [0.15, 0.2) is 5.82 Å². The maximum Gasteiger partial charge on any atom is 0.151 e. The van der Waals surface area contributed by atoms with Crippen molar-refractivity contribution in [2.24, 2.45) is 7.05 Å². The van der Waals surface area contributed by atoms with Crippen LogP contribution in [-0.2, 0) is 7.05 Å². The topological polar surface area (TPSA) is 108 Å². The van der Waals surface area contributed by atoms with Gasteiger partial charge in [-0.3, -0.25) is 4.68 Å². The van der Waals surface area contributed by atoms with Gasteiger partial charge < -0.3 is 15.9 Å². The fourth-order valence-corrected chi connectivity index (χ4v) is 1.16. The molecule has 0 bridgehead atoms. The largest absolute Gasteiger partial charge is 0.389 e. The molecule has 0 radical (unpaired) electrons. The number of aryl methyl sites for hydroxylation is 1. The van der Waals surface area contributed by atoms with E-state index in [4.69, 9.17) is 11.0 Å². The number of nitriles is 1. The van der Waals surface area contributed by atoms with Gasteiger partial charge in [-0.05, 0) is 0 Å². The molecule has 76 valence electrons. The summed E-state index contributed by atoms with van der Waals surface area (Å²) >= 11 is 0. The number of nitrogen functional groups attached to an aromatic ring is 1. The molecule has 0 saturated heterocycles. The molecule has 4 N–H and O–H groups in total. The second-order valence-electron chi connectivity index (χ2n) is 3.02. The zero-order chi connectivity index (χ0) is 10.7. The first-order valence-electron chi connectivity index (χ1n) is 4.08. The Morgan fingerprint density at radius 2 is 2.36 bits per heavy atom. The fourth-order valence-electron chi connectivity index (χ4n) is 1.16. The van der Waals surface area contributed by atoms with Crippen molar-refractivity contribution in [2.45, 2.75) is 18.6 Å². The second kappa shape index (κ2) is 4.09. The Hall–Kier alpha value is -1.58. The Kier molecular flexibility index (Phi) is 3.06. The summed E-state index contributed by atoms with van der Waals surface area (Å²) in [5, 5.41) is 31.1. The van der Waals surface area contributed by atoms with Crippen LogP contribution in [0.5, 0.6) is 0 Å². The summed E-state index contributed by atoms with van der Waals surface area (Å²) in [4.78, 5) is 0. The summed E-state index contributed by atoms with van der Waals surface area (Å²) in [5.41, 5.74) is 5.83. The monoisotopic (exact) mass is 196 g/mol. The summed E-state index contributed by atoms with van der Waals surface area (Å²) in [5.74, 6) is 0.164. The Morgan fingerprint density at radius 1 is 1.71 bits per heavy atom. The van der Waals surface area contributed by atoms with Crippen molar-refractivity contribution in [3.05, 3.63) is 11.8 Å². The quantitative estimate of drug-likeness (QED) is 0.593. The van der Waals surface area contributed by atoms with E-state index in [-0.39, 0.29) is 12.2 Å². The number of hydrogen-bond donors (Lipinski definition) is 3. The number of nitrogens with two attached hydrogens (primary N) is 1. The van der Waals surface area contributed by atoms with Crippen molar-refractivity contribution in [2.75, 3.05) is 5.73 Å². The molecule has 2 unspecified atom stereocenters. The van der Waals surface area contributed by atoms with Gasteiger partial charge in [-0.25, -0.2) is 0 Å². The average molecular weight is 196 g/mol. The van der Waals surface area contributed by atoms with Crippen molar-refractivity contribution < 1.29 is 10.2 Å². The van der Waals surface area contributed by atoms with E-state index in [0.717, 1.165) is 0 Å². The van der Waals surface area contributed by atoms with Crippen LogP contribution in [-0.4, -0.2) is 26.1 Å². The molecule has 0 amide bonds. The minimum atomic E-state index is -1.16. The first-order chi connectivity index (χ1) is 6.56. The van der Waals surface area contributed by atoms with Gasteiger partial charge in [0.05, 0.1) is 18.6 Å². The smallest absolute Gasteiger partial charge is 0.151 e. The van der Waals surface area contributed by atoms with E-state index in [9.17, 15) is 10.2 Å². The van der Waals surface area contributed by atoms with Crippen molar-refractivity contribution in [1.82, 2.24) is 9.78 Å². The van der Waals surface area contributed by atoms with Crippen LogP contribution < -0.4 is 5.73 Å². The molecule has 6 heteroatoms. The molecule has 1 rings (SSSR count). The van der Waals surface area contributed by atoms with E-state index in [2.05, 4.69) is 5.10 Å². The minimum absolute atomic E-state index is 0.143. The molecular weight excluding hydrogens is 184 g/mol. The molecular formula is C8H12N4O2. The standard InChI is InChI=1S/C8H12N4O2/c1-12-4-5(8(10)11-12)7(14)6(13)2-3-9/h4,6-7,13-14H,2H2,1H3,(H2,10,11). The number of aromatic nitrogens is 2. The molecule has 1 aromatic rings. The number of aliphatic hydroxyl groups is 2. The summed E-state index contributed by atoms with van der Waals surface area (Å²) < 4.78 is 1.44. The predicted octanol–water partition coefficient (Wildman–Crippen LogP) is -0.690. The predicted molar refractivity (Wildman–Crippen MR) is 48.8 cm³/mol. The average Bonchev–Trinajstić information content (AvgIpc) is 2.44. The van der Waals surface area contributed by atoms with Gasteiger partial charge in [0.25, 0.3) is 0 Å². The molecule has 1 heterocycles. The van der Waals surface area contributed by atoms with Crippen molar-refractivity contribution >= 4 is 5.82 Å². The van der Waals surface area contributed by atoms with E-state index in [0.29, 0.717) is 5.56 Å². The van der Waals surface area contributed by atoms with E-state index in [1.165, 1.54) is 10.9 Å². The Morgan fingerprint density at radius 3 is 2.79 bits per heavy atom. The van der Waals surface area contributed by atoms with Crippen molar-refractivity contribution in [3.63, 3.8) is 0 Å². The van der Waals surface area contributed by atoms with Gasteiger partial charge in [-0.2, -0.15) is 10.4 Å². The number of rotatable bonds is 3. The van der Waals surface area contributed by atoms with Gasteiger partial charge in [0.2, 0.25) is 0 Å². The highest BCUT2D eigenvalue weighted by molar-refractivity contribution is 5.39. The molecule has 0 aliphatic rings. The molecule has 0 saturated carbocycles. The lowest BCUT2D eigenvalue weighted by Gasteiger charge is -2.13. The zero-order valence-electron chi connectivity index (χ0n) is 7.75. The van der Waals surface area contributed by atoms with Gasteiger partial charge in [-0.15, -0.1) is 0 Å². The highest BCUT2D eigenvalue weighted by Gasteiger charge is 2.22. The lowest BCUT2D eigenvalue weighted by molar-refractivity contribution is 0.0220. The van der Waals surface area contributed by atoms with E-state index >= 15 is 0 Å². The molecule has 6 nitrogen and oxygen atoms in total. The highest BCUT2D eigenvalue weighted by Crippen LogP contribution is 2.22. The first-order valence-corrected chi connectivity index (χ1v) is 4.08. The SMILES string of the molecule is Cn1cc(C(O)C(O)CC#N)c(N)n1. The highest BCUT2D eigenvalue weighted by atomic mass is 16.3. The van der Waals surface area contributed by atoms with E-state index < -0.39 is 12.2 Å². The summed E-state index contributed by atoms with van der Waals surface area (Å²) in [7, 11) is 1.66. The second-order valence-corrected chi connectivity index (χ2v) is 3.02. The molecule has 0 spiro atoms. The third-order valence-electron chi connectivity index (χ3n) is 1.87. The molecule has 14 heavy (non-hydrogen) atoms. The summed E-state index contributed by atoms with van der Waals surface area (Å²) in [6, 6.07) is 1.77. The number of anilines is 1. The van der Waals surface area contributed by atoms with Gasteiger partial charge in [-0.1, -0.05) is 0 Å². The maximum absolute atomic E-state index is 9.58. The first kappa shape index (κ1) is 10.5. The lowest BCUT2D eigenvalue weighted by Crippen LogP contribution is -2.18. The van der Waals surface area contributed by atoms with Crippen LogP contribution in [0.25, 0.3) is 0 Å². The third-order valence-corrected chi connectivity index (χ3v) is 1.87. The Balaban J connectivity index is 2.84. The fraction of sp³-hybridized carbons (Fsp3) is 0.500. The van der Waals surface area contributed by atoms with Crippen LogP contribution in [0.4, 0.5) is 5.82 Å². The van der Waals surface area contributed by atoms with Crippen LogP contribution in [0, 0.1) is 11.3 Å². The van der Waals surface area contributed by atoms with Crippen LogP contribution in [0.1, 0.15) is 18.1 Å². The van der Waals surface area contributed by atoms with Gasteiger partial charge in [0, 0.05) is 18.8 Å². The molecule has 0 aliphatic carbocycles. The molecule has 2 atom stereocenters. The van der Waals surface area contributed by atoms with Crippen LogP contribution in [0.2, 0.25) is 0 Å². The normalized spacial score (nSPS) is 14.7. The van der Waals surface area contributed by atoms with Crippen LogP contribution >= 0.6 is 0 Å². The molecule has 0 aliphatic heterocycles. The summed E-state index contributed by atoms with van der Waals surface area (Å²) in [6.07, 6.45) is -0.925. The Bertz CT molecular complexity index is 355. The van der Waals surface area contributed by atoms with Gasteiger partial charge in [0.1, 0.15) is 6.10 Å². The zero-order valence-corrected chi connectivity index (χ0v) is 7.75. The number of aliphatic hydroxyl groups excluding tert-OH is 2. The molecule has 0 aromatic carbocycles. The van der Waals surface area contributed by atoms with Gasteiger partial charge >= 0.3 is 0 Å². The Labute approximate surface area is 81.2 Å². The van der Waals surface area contributed by atoms with E-state index in [1.807, 2.05) is 0 Å². The summed E-state index contributed by atoms with van der Waals surface area (Å²) in [6.45, 7) is 0. The van der Waals surface area contributed by atoms with Crippen molar-refractivity contribution in [1.29, 1.82) is 5.26 Å². The molecule has 1 aromatic heterocycles. The van der Waals surface area contributed by atoms with Crippen LogP contribution in [0.3, 0.4) is 0 Å². The van der Waals surface area contributed by atoms with Crippen LogP contribution in [0.15, 0.2) is 6.20 Å². The molecule has 0 fully saturated rings. The number of nitrogens with zero attached hydrogens (tertiary/aromatic N) is 3. The minimum Gasteiger partial charge on any atom is -0.389 e. The van der Waals surface area contributed by atoms with E-state index in [1.54, 1.807) is 13.1 Å². The number of hydrogen-bond acceptors (Lipinski definition) is 5. The maximum atomic E-state index is 9.58.